The Morgan fingerprint density at radius 2 is 1.78 bits per heavy atom. The minimum atomic E-state index is -0.142. The van der Waals surface area contributed by atoms with Crippen LogP contribution in [0.2, 0.25) is 0 Å². The van der Waals surface area contributed by atoms with Crippen molar-refractivity contribution < 1.29 is 4.79 Å². The summed E-state index contributed by atoms with van der Waals surface area (Å²) in [7, 11) is 0. The van der Waals surface area contributed by atoms with Gasteiger partial charge in [-0.3, -0.25) is 4.68 Å². The molecule has 3 aromatic rings. The molecule has 0 radical (unpaired) electrons. The van der Waals surface area contributed by atoms with Gasteiger partial charge in [0.15, 0.2) is 0 Å². The second-order valence-corrected chi connectivity index (χ2v) is 6.69. The topological polar surface area (TPSA) is 59.0 Å². The molecule has 1 aromatic heterocycles. The SMILES string of the molecule is Cc1cnn(CCCNC(=O)NC(Cc2ccccc2)c2ccccc2)c1. The van der Waals surface area contributed by atoms with Crippen LogP contribution in [0.25, 0.3) is 0 Å². The van der Waals surface area contributed by atoms with E-state index in [9.17, 15) is 4.79 Å². The van der Waals surface area contributed by atoms with Gasteiger partial charge in [0.05, 0.1) is 12.2 Å². The van der Waals surface area contributed by atoms with E-state index in [0.717, 1.165) is 30.5 Å². The van der Waals surface area contributed by atoms with E-state index in [0.29, 0.717) is 6.54 Å². The maximum absolute atomic E-state index is 12.4. The summed E-state index contributed by atoms with van der Waals surface area (Å²) in [5, 5.41) is 10.3. The number of benzene rings is 2. The highest BCUT2D eigenvalue weighted by Gasteiger charge is 2.14. The second kappa shape index (κ2) is 9.57. The smallest absolute Gasteiger partial charge is 0.315 e. The lowest BCUT2D eigenvalue weighted by molar-refractivity contribution is 0.236. The molecule has 0 saturated heterocycles. The van der Waals surface area contributed by atoms with Crippen LogP contribution in [0.5, 0.6) is 0 Å². The maximum Gasteiger partial charge on any atom is 0.315 e. The Morgan fingerprint density at radius 3 is 2.44 bits per heavy atom. The Hall–Kier alpha value is -3.08. The zero-order valence-electron chi connectivity index (χ0n) is 15.6. The fraction of sp³-hybridized carbons (Fsp3) is 0.273. The summed E-state index contributed by atoms with van der Waals surface area (Å²) in [6, 6.07) is 20.1. The summed E-state index contributed by atoms with van der Waals surface area (Å²) < 4.78 is 1.90. The van der Waals surface area contributed by atoms with Gasteiger partial charge in [-0.2, -0.15) is 5.10 Å². The van der Waals surface area contributed by atoms with E-state index in [4.69, 9.17) is 0 Å². The van der Waals surface area contributed by atoms with Gasteiger partial charge in [0.1, 0.15) is 0 Å². The van der Waals surface area contributed by atoms with Crippen molar-refractivity contribution in [3.05, 3.63) is 89.7 Å². The van der Waals surface area contributed by atoms with Crippen molar-refractivity contribution in [3.63, 3.8) is 0 Å². The van der Waals surface area contributed by atoms with Crippen molar-refractivity contribution in [2.45, 2.75) is 32.4 Å². The molecule has 0 bridgehead atoms. The average Bonchev–Trinajstić information content (AvgIpc) is 3.11. The number of carbonyl (C=O) groups excluding carboxylic acids is 1. The third-order valence-corrected chi connectivity index (χ3v) is 4.40. The molecule has 1 heterocycles. The van der Waals surface area contributed by atoms with Gasteiger partial charge in [-0.05, 0) is 36.5 Å². The Kier molecular flexibility index (Phi) is 6.63. The van der Waals surface area contributed by atoms with Crippen molar-refractivity contribution >= 4 is 6.03 Å². The quantitative estimate of drug-likeness (QED) is 0.598. The van der Waals surface area contributed by atoms with Crippen molar-refractivity contribution in [1.82, 2.24) is 20.4 Å². The highest BCUT2D eigenvalue weighted by Crippen LogP contribution is 2.18. The van der Waals surface area contributed by atoms with E-state index in [1.54, 1.807) is 0 Å². The fourth-order valence-electron chi connectivity index (χ4n) is 3.03. The molecule has 0 spiro atoms. The lowest BCUT2D eigenvalue weighted by Gasteiger charge is -2.20. The number of hydrogen-bond donors (Lipinski definition) is 2. The monoisotopic (exact) mass is 362 g/mol. The van der Waals surface area contributed by atoms with Gasteiger partial charge < -0.3 is 10.6 Å². The molecular formula is C22H26N4O. The molecule has 2 amide bonds. The summed E-state index contributed by atoms with van der Waals surface area (Å²) in [6.45, 7) is 3.42. The Morgan fingerprint density at radius 1 is 1.07 bits per heavy atom. The lowest BCUT2D eigenvalue weighted by Crippen LogP contribution is -2.39. The van der Waals surface area contributed by atoms with Gasteiger partial charge in [0, 0.05) is 19.3 Å². The molecule has 0 aliphatic rings. The van der Waals surface area contributed by atoms with E-state index in [2.05, 4.69) is 27.9 Å². The number of rotatable bonds is 8. The van der Waals surface area contributed by atoms with E-state index in [-0.39, 0.29) is 12.1 Å². The number of aryl methyl sites for hydroxylation is 2. The van der Waals surface area contributed by atoms with Crippen LogP contribution in [0, 0.1) is 6.92 Å². The predicted octanol–water partition coefficient (Wildman–Crippen LogP) is 3.86. The van der Waals surface area contributed by atoms with Crippen LogP contribution >= 0.6 is 0 Å². The number of aromatic nitrogens is 2. The Bertz CT molecular complexity index is 830. The molecule has 1 unspecified atom stereocenters. The molecule has 27 heavy (non-hydrogen) atoms. The number of nitrogens with one attached hydrogen (secondary N) is 2. The molecule has 0 fully saturated rings. The number of urea groups is 1. The number of carbonyl (C=O) groups is 1. The van der Waals surface area contributed by atoms with E-state index in [1.807, 2.05) is 72.5 Å². The zero-order chi connectivity index (χ0) is 18.9. The van der Waals surface area contributed by atoms with Crippen LogP contribution in [0.15, 0.2) is 73.1 Å². The first-order valence-electron chi connectivity index (χ1n) is 9.33. The molecular weight excluding hydrogens is 336 g/mol. The van der Waals surface area contributed by atoms with Crippen LogP contribution in [-0.4, -0.2) is 22.4 Å². The van der Waals surface area contributed by atoms with Crippen LogP contribution in [0.4, 0.5) is 4.79 Å². The van der Waals surface area contributed by atoms with Crippen molar-refractivity contribution in [2.75, 3.05) is 6.54 Å². The minimum absolute atomic E-state index is 0.0673. The largest absolute Gasteiger partial charge is 0.338 e. The predicted molar refractivity (Wildman–Crippen MR) is 107 cm³/mol. The zero-order valence-corrected chi connectivity index (χ0v) is 15.6. The second-order valence-electron chi connectivity index (χ2n) is 6.69. The maximum atomic E-state index is 12.4. The summed E-state index contributed by atoms with van der Waals surface area (Å²) in [4.78, 5) is 12.4. The Balaban J connectivity index is 1.52. The standard InChI is InChI=1S/C22H26N4O/c1-18-16-24-26(17-18)14-8-13-23-22(27)25-21(20-11-6-3-7-12-20)15-19-9-4-2-5-10-19/h2-7,9-12,16-17,21H,8,13-15H2,1H3,(H2,23,25,27). The number of nitrogens with zero attached hydrogens (tertiary/aromatic N) is 2. The van der Waals surface area contributed by atoms with Crippen LogP contribution in [0.3, 0.4) is 0 Å². The Labute approximate surface area is 160 Å². The summed E-state index contributed by atoms with van der Waals surface area (Å²) in [6.07, 6.45) is 5.44. The first-order valence-corrected chi connectivity index (χ1v) is 9.33. The van der Waals surface area contributed by atoms with E-state index < -0.39 is 0 Å². The summed E-state index contributed by atoms with van der Waals surface area (Å²) >= 11 is 0. The molecule has 2 N–H and O–H groups in total. The normalized spacial score (nSPS) is 11.7. The molecule has 0 aliphatic carbocycles. The summed E-state index contributed by atoms with van der Waals surface area (Å²) in [5.41, 5.74) is 3.44. The van der Waals surface area contributed by atoms with E-state index >= 15 is 0 Å². The van der Waals surface area contributed by atoms with E-state index in [1.165, 1.54) is 5.56 Å². The van der Waals surface area contributed by atoms with Crippen LogP contribution in [0.1, 0.15) is 29.2 Å². The molecule has 0 aliphatic heterocycles. The molecule has 0 saturated carbocycles. The molecule has 140 valence electrons. The molecule has 3 rings (SSSR count). The first kappa shape index (κ1) is 18.7. The molecule has 5 nitrogen and oxygen atoms in total. The van der Waals surface area contributed by atoms with Crippen molar-refractivity contribution in [3.8, 4) is 0 Å². The van der Waals surface area contributed by atoms with Gasteiger partial charge in [-0.1, -0.05) is 60.7 Å². The van der Waals surface area contributed by atoms with Crippen LogP contribution < -0.4 is 10.6 Å². The van der Waals surface area contributed by atoms with Crippen LogP contribution in [-0.2, 0) is 13.0 Å². The fourth-order valence-corrected chi connectivity index (χ4v) is 3.03. The summed E-state index contributed by atoms with van der Waals surface area (Å²) in [5.74, 6) is 0. The average molecular weight is 362 g/mol. The highest BCUT2D eigenvalue weighted by molar-refractivity contribution is 5.74. The minimum Gasteiger partial charge on any atom is -0.338 e. The third-order valence-electron chi connectivity index (χ3n) is 4.40. The third kappa shape index (κ3) is 5.99. The molecule has 2 aromatic carbocycles. The first-order chi connectivity index (χ1) is 13.2. The molecule has 5 heteroatoms. The van der Waals surface area contributed by atoms with Gasteiger partial charge in [0.25, 0.3) is 0 Å². The van der Waals surface area contributed by atoms with Gasteiger partial charge in [-0.15, -0.1) is 0 Å². The lowest BCUT2D eigenvalue weighted by atomic mass is 9.99. The van der Waals surface area contributed by atoms with Gasteiger partial charge >= 0.3 is 6.03 Å². The number of amides is 2. The highest BCUT2D eigenvalue weighted by atomic mass is 16.2. The van der Waals surface area contributed by atoms with Crippen molar-refractivity contribution in [1.29, 1.82) is 0 Å². The number of hydrogen-bond acceptors (Lipinski definition) is 2. The van der Waals surface area contributed by atoms with Gasteiger partial charge in [-0.25, -0.2) is 4.79 Å². The molecule has 1 atom stereocenters. The van der Waals surface area contributed by atoms with Gasteiger partial charge in [0.2, 0.25) is 0 Å². The van der Waals surface area contributed by atoms with Crippen molar-refractivity contribution in [2.24, 2.45) is 0 Å².